The van der Waals surface area contributed by atoms with E-state index in [2.05, 4.69) is 42.7 Å². The van der Waals surface area contributed by atoms with Gasteiger partial charge in [0.1, 0.15) is 0 Å². The summed E-state index contributed by atoms with van der Waals surface area (Å²) in [6, 6.07) is 6.30. The molecule has 2 N–H and O–H groups in total. The second-order valence-electron chi connectivity index (χ2n) is 4.79. The van der Waals surface area contributed by atoms with Crippen molar-refractivity contribution < 1.29 is 4.74 Å². The Balaban J connectivity index is 1.84. The standard InChI is InChI=1S/C14H20N2OS/c1-10-5-6-11(2)13(8-10)16-14(18)15-9-12-4-3-7-17-12/h5-6,8,12H,3-4,7,9H2,1-2H3,(H2,15,16,18)/t12-/m0/s1. The quantitative estimate of drug-likeness (QED) is 0.823. The van der Waals surface area contributed by atoms with Crippen LogP contribution in [0.1, 0.15) is 24.0 Å². The number of thiocarbonyl (C=S) groups is 1. The van der Waals surface area contributed by atoms with Gasteiger partial charge in [-0.2, -0.15) is 0 Å². The summed E-state index contributed by atoms with van der Waals surface area (Å²) in [7, 11) is 0. The fourth-order valence-corrected chi connectivity index (χ4v) is 2.24. The first-order valence-corrected chi connectivity index (χ1v) is 6.79. The van der Waals surface area contributed by atoms with Crippen molar-refractivity contribution in [2.24, 2.45) is 0 Å². The highest BCUT2D eigenvalue weighted by molar-refractivity contribution is 7.80. The molecule has 1 heterocycles. The highest BCUT2D eigenvalue weighted by atomic mass is 32.1. The predicted octanol–water partition coefficient (Wildman–Crippen LogP) is 2.77. The summed E-state index contributed by atoms with van der Waals surface area (Å²) in [5.74, 6) is 0. The topological polar surface area (TPSA) is 33.3 Å². The van der Waals surface area contributed by atoms with Gasteiger partial charge in [0.15, 0.2) is 5.11 Å². The molecule has 0 aromatic heterocycles. The highest BCUT2D eigenvalue weighted by Gasteiger charge is 2.15. The molecule has 0 unspecified atom stereocenters. The van der Waals surface area contributed by atoms with Crippen LogP contribution in [0, 0.1) is 13.8 Å². The van der Waals surface area contributed by atoms with E-state index in [1.807, 2.05) is 0 Å². The van der Waals surface area contributed by atoms with Crippen LogP contribution in [0.25, 0.3) is 0 Å². The van der Waals surface area contributed by atoms with E-state index in [0.29, 0.717) is 11.2 Å². The number of rotatable bonds is 3. The molecule has 0 radical (unpaired) electrons. The molecular weight excluding hydrogens is 244 g/mol. The van der Waals surface area contributed by atoms with Gasteiger partial charge in [0.05, 0.1) is 6.10 Å². The third-order valence-electron chi connectivity index (χ3n) is 3.16. The van der Waals surface area contributed by atoms with E-state index in [1.165, 1.54) is 11.1 Å². The monoisotopic (exact) mass is 264 g/mol. The Morgan fingerprint density at radius 3 is 3.00 bits per heavy atom. The van der Waals surface area contributed by atoms with E-state index < -0.39 is 0 Å². The van der Waals surface area contributed by atoms with Crippen LogP contribution in [0.3, 0.4) is 0 Å². The van der Waals surface area contributed by atoms with E-state index >= 15 is 0 Å². The van der Waals surface area contributed by atoms with Gasteiger partial charge in [-0.05, 0) is 56.1 Å². The molecule has 18 heavy (non-hydrogen) atoms. The molecule has 1 atom stereocenters. The molecule has 2 rings (SSSR count). The summed E-state index contributed by atoms with van der Waals surface area (Å²) < 4.78 is 5.55. The summed E-state index contributed by atoms with van der Waals surface area (Å²) in [4.78, 5) is 0. The van der Waals surface area contributed by atoms with Crippen LogP contribution in [0.15, 0.2) is 18.2 Å². The zero-order valence-electron chi connectivity index (χ0n) is 11.0. The van der Waals surface area contributed by atoms with Gasteiger partial charge in [0.2, 0.25) is 0 Å². The summed E-state index contributed by atoms with van der Waals surface area (Å²) in [5, 5.41) is 7.12. The Morgan fingerprint density at radius 1 is 1.44 bits per heavy atom. The number of hydrogen-bond donors (Lipinski definition) is 2. The number of benzene rings is 1. The van der Waals surface area contributed by atoms with Gasteiger partial charge in [-0.1, -0.05) is 12.1 Å². The first kappa shape index (κ1) is 13.3. The molecule has 1 fully saturated rings. The van der Waals surface area contributed by atoms with Crippen molar-refractivity contribution in [1.29, 1.82) is 0 Å². The molecule has 1 aliphatic heterocycles. The average Bonchev–Trinajstić information content (AvgIpc) is 2.84. The van der Waals surface area contributed by atoms with Crippen LogP contribution in [0.5, 0.6) is 0 Å². The Hall–Kier alpha value is -1.13. The number of aryl methyl sites for hydroxylation is 2. The van der Waals surface area contributed by atoms with E-state index in [4.69, 9.17) is 17.0 Å². The molecule has 1 saturated heterocycles. The van der Waals surface area contributed by atoms with Gasteiger partial charge >= 0.3 is 0 Å². The minimum atomic E-state index is 0.309. The van der Waals surface area contributed by atoms with Crippen LogP contribution >= 0.6 is 12.2 Å². The van der Waals surface area contributed by atoms with E-state index in [0.717, 1.165) is 31.7 Å². The van der Waals surface area contributed by atoms with E-state index in [9.17, 15) is 0 Å². The second kappa shape index (κ2) is 6.16. The number of anilines is 1. The Labute approximate surface area is 114 Å². The number of hydrogen-bond acceptors (Lipinski definition) is 2. The molecular formula is C14H20N2OS. The summed E-state index contributed by atoms with van der Waals surface area (Å²) in [5.41, 5.74) is 3.49. The van der Waals surface area contributed by atoms with Crippen molar-refractivity contribution in [3.05, 3.63) is 29.3 Å². The van der Waals surface area contributed by atoms with Gasteiger partial charge in [0, 0.05) is 18.8 Å². The zero-order chi connectivity index (χ0) is 13.0. The third kappa shape index (κ3) is 3.68. The predicted molar refractivity (Wildman–Crippen MR) is 79.1 cm³/mol. The Bertz CT molecular complexity index is 428. The maximum Gasteiger partial charge on any atom is 0.170 e. The fraction of sp³-hybridized carbons (Fsp3) is 0.500. The van der Waals surface area contributed by atoms with Crippen molar-refractivity contribution in [2.75, 3.05) is 18.5 Å². The van der Waals surface area contributed by atoms with Gasteiger partial charge < -0.3 is 15.4 Å². The van der Waals surface area contributed by atoms with Crippen molar-refractivity contribution in [1.82, 2.24) is 5.32 Å². The van der Waals surface area contributed by atoms with Gasteiger partial charge in [-0.15, -0.1) is 0 Å². The lowest BCUT2D eigenvalue weighted by Gasteiger charge is -2.15. The summed E-state index contributed by atoms with van der Waals surface area (Å²) in [6.07, 6.45) is 2.59. The van der Waals surface area contributed by atoms with Crippen molar-refractivity contribution >= 4 is 23.0 Å². The first-order chi connectivity index (χ1) is 8.65. The average molecular weight is 264 g/mol. The van der Waals surface area contributed by atoms with Gasteiger partial charge in [0.25, 0.3) is 0 Å². The smallest absolute Gasteiger partial charge is 0.170 e. The molecule has 0 saturated carbocycles. The van der Waals surface area contributed by atoms with Crippen LogP contribution in [0.4, 0.5) is 5.69 Å². The highest BCUT2D eigenvalue weighted by Crippen LogP contribution is 2.16. The molecule has 1 aromatic rings. The summed E-state index contributed by atoms with van der Waals surface area (Å²) in [6.45, 7) is 5.82. The molecule has 98 valence electrons. The molecule has 0 bridgehead atoms. The van der Waals surface area contributed by atoms with Crippen LogP contribution < -0.4 is 10.6 Å². The number of nitrogens with one attached hydrogen (secondary N) is 2. The zero-order valence-corrected chi connectivity index (χ0v) is 11.8. The minimum absolute atomic E-state index is 0.309. The fourth-order valence-electron chi connectivity index (χ4n) is 2.05. The molecule has 0 amide bonds. The molecule has 0 aliphatic carbocycles. The molecule has 1 aromatic carbocycles. The molecule has 1 aliphatic rings. The Kier molecular flexibility index (Phi) is 4.55. The van der Waals surface area contributed by atoms with Crippen molar-refractivity contribution in [3.63, 3.8) is 0 Å². The van der Waals surface area contributed by atoms with Crippen LogP contribution in [-0.2, 0) is 4.74 Å². The second-order valence-corrected chi connectivity index (χ2v) is 5.20. The Morgan fingerprint density at radius 2 is 2.28 bits per heavy atom. The molecule has 0 spiro atoms. The van der Waals surface area contributed by atoms with Gasteiger partial charge in [-0.3, -0.25) is 0 Å². The summed E-state index contributed by atoms with van der Waals surface area (Å²) >= 11 is 5.30. The third-order valence-corrected chi connectivity index (χ3v) is 3.40. The lowest BCUT2D eigenvalue weighted by atomic mass is 10.1. The maximum absolute atomic E-state index is 5.55. The van der Waals surface area contributed by atoms with Crippen LogP contribution in [0.2, 0.25) is 0 Å². The normalized spacial score (nSPS) is 18.7. The van der Waals surface area contributed by atoms with Crippen LogP contribution in [-0.4, -0.2) is 24.4 Å². The SMILES string of the molecule is Cc1ccc(C)c(NC(=S)NC[C@@H]2CCCO2)c1. The molecule has 3 nitrogen and oxygen atoms in total. The van der Waals surface area contributed by atoms with Crippen molar-refractivity contribution in [2.45, 2.75) is 32.8 Å². The maximum atomic E-state index is 5.55. The largest absolute Gasteiger partial charge is 0.376 e. The van der Waals surface area contributed by atoms with E-state index in [-0.39, 0.29) is 0 Å². The van der Waals surface area contributed by atoms with Gasteiger partial charge in [-0.25, -0.2) is 0 Å². The van der Waals surface area contributed by atoms with Crippen molar-refractivity contribution in [3.8, 4) is 0 Å². The minimum Gasteiger partial charge on any atom is -0.376 e. The first-order valence-electron chi connectivity index (χ1n) is 6.39. The number of ether oxygens (including phenoxy) is 1. The molecule has 4 heteroatoms. The lowest BCUT2D eigenvalue weighted by molar-refractivity contribution is 0.114. The lowest BCUT2D eigenvalue weighted by Crippen LogP contribution is -2.35. The van der Waals surface area contributed by atoms with E-state index in [1.54, 1.807) is 0 Å².